The molecule has 1 saturated carbocycles. The van der Waals surface area contributed by atoms with Crippen molar-refractivity contribution in [2.24, 2.45) is 0 Å². The molecular formula is C17H21NO3. The first-order valence-corrected chi connectivity index (χ1v) is 7.45. The molecule has 3 rings (SSSR count). The van der Waals surface area contributed by atoms with Gasteiger partial charge in [0.25, 0.3) is 5.91 Å². The fraction of sp³-hybridized carbons (Fsp3) is 0.471. The van der Waals surface area contributed by atoms with E-state index < -0.39 is 5.54 Å². The van der Waals surface area contributed by atoms with Gasteiger partial charge < -0.3 is 15.5 Å². The van der Waals surface area contributed by atoms with Gasteiger partial charge in [-0.25, -0.2) is 0 Å². The molecule has 2 aliphatic rings. The number of carbonyl (C=O) groups excluding carboxylic acids is 1. The van der Waals surface area contributed by atoms with Crippen LogP contribution in [0.15, 0.2) is 24.0 Å². The Morgan fingerprint density at radius 3 is 2.57 bits per heavy atom. The van der Waals surface area contributed by atoms with E-state index >= 15 is 0 Å². The summed E-state index contributed by atoms with van der Waals surface area (Å²) in [6.45, 7) is 3.91. The van der Waals surface area contributed by atoms with E-state index in [0.717, 1.165) is 16.7 Å². The van der Waals surface area contributed by atoms with Crippen LogP contribution in [0, 0.1) is 13.8 Å². The highest BCUT2D eigenvalue weighted by molar-refractivity contribution is 6.23. The number of aliphatic hydroxyl groups is 2. The summed E-state index contributed by atoms with van der Waals surface area (Å²) < 4.78 is 0. The fourth-order valence-corrected chi connectivity index (χ4v) is 3.40. The Kier molecular flexibility index (Phi) is 3.29. The molecule has 1 aromatic carbocycles. The molecule has 0 saturated heterocycles. The molecular weight excluding hydrogens is 266 g/mol. The van der Waals surface area contributed by atoms with Crippen molar-refractivity contribution in [1.29, 1.82) is 0 Å². The van der Waals surface area contributed by atoms with E-state index in [1.807, 2.05) is 32.0 Å². The third-order valence-electron chi connectivity index (χ3n) is 4.74. The van der Waals surface area contributed by atoms with Crippen LogP contribution in [0.25, 0.3) is 5.57 Å². The van der Waals surface area contributed by atoms with Gasteiger partial charge in [0.1, 0.15) is 5.76 Å². The number of aliphatic hydroxyl groups excluding tert-OH is 2. The Bertz CT molecular complexity index is 625. The third kappa shape index (κ3) is 2.23. The Hall–Kier alpha value is -1.81. The molecule has 0 bridgehead atoms. The highest BCUT2D eigenvalue weighted by Gasteiger charge is 2.47. The van der Waals surface area contributed by atoms with Crippen molar-refractivity contribution in [2.75, 3.05) is 0 Å². The quantitative estimate of drug-likeness (QED) is 0.742. The highest BCUT2D eigenvalue weighted by Crippen LogP contribution is 2.41. The van der Waals surface area contributed by atoms with Gasteiger partial charge in [0.2, 0.25) is 0 Å². The van der Waals surface area contributed by atoms with Crippen molar-refractivity contribution in [1.82, 2.24) is 5.32 Å². The second-order valence-corrected chi connectivity index (χ2v) is 6.31. The average Bonchev–Trinajstić information content (AvgIpc) is 2.68. The first-order chi connectivity index (χ1) is 9.93. The molecule has 4 nitrogen and oxygen atoms in total. The molecule has 0 unspecified atom stereocenters. The lowest BCUT2D eigenvalue weighted by Gasteiger charge is -2.35. The molecule has 21 heavy (non-hydrogen) atoms. The number of carbonyl (C=O) groups is 1. The van der Waals surface area contributed by atoms with E-state index in [9.17, 15) is 15.0 Å². The van der Waals surface area contributed by atoms with Gasteiger partial charge in [0.15, 0.2) is 0 Å². The second-order valence-electron chi connectivity index (χ2n) is 6.31. The molecule has 1 amide bonds. The Morgan fingerprint density at radius 2 is 1.90 bits per heavy atom. The van der Waals surface area contributed by atoms with Crippen LogP contribution in [0.5, 0.6) is 0 Å². The van der Waals surface area contributed by atoms with E-state index in [4.69, 9.17) is 0 Å². The minimum Gasteiger partial charge on any atom is -0.509 e. The van der Waals surface area contributed by atoms with Gasteiger partial charge in [-0.15, -0.1) is 0 Å². The lowest BCUT2D eigenvalue weighted by atomic mass is 9.79. The van der Waals surface area contributed by atoms with Crippen LogP contribution in [0.4, 0.5) is 0 Å². The summed E-state index contributed by atoms with van der Waals surface area (Å²) in [4.78, 5) is 12.4. The van der Waals surface area contributed by atoms with Crippen molar-refractivity contribution < 1.29 is 15.0 Å². The number of nitrogens with one attached hydrogen (secondary N) is 1. The maximum absolute atomic E-state index is 12.4. The minimum atomic E-state index is -0.679. The number of hydrogen-bond acceptors (Lipinski definition) is 3. The summed E-state index contributed by atoms with van der Waals surface area (Å²) in [7, 11) is 0. The third-order valence-corrected chi connectivity index (χ3v) is 4.74. The summed E-state index contributed by atoms with van der Waals surface area (Å²) in [6, 6.07) is 5.90. The molecule has 0 atom stereocenters. The van der Waals surface area contributed by atoms with Gasteiger partial charge in [-0.2, -0.15) is 0 Å². The van der Waals surface area contributed by atoms with E-state index in [-0.39, 0.29) is 17.8 Å². The second kappa shape index (κ2) is 4.88. The first-order valence-electron chi connectivity index (χ1n) is 7.45. The molecule has 1 aromatic rings. The highest BCUT2D eigenvalue weighted by atomic mass is 16.3. The van der Waals surface area contributed by atoms with Crippen LogP contribution in [0.1, 0.15) is 42.4 Å². The minimum absolute atomic E-state index is 0.146. The van der Waals surface area contributed by atoms with E-state index in [1.54, 1.807) is 0 Å². The van der Waals surface area contributed by atoms with Crippen molar-refractivity contribution in [3.63, 3.8) is 0 Å². The van der Waals surface area contributed by atoms with Crippen LogP contribution in [0.2, 0.25) is 0 Å². The lowest BCUT2D eigenvalue weighted by molar-refractivity contribution is -0.116. The normalized spacial score (nSPS) is 29.1. The molecule has 1 spiro atoms. The molecule has 1 fully saturated rings. The maximum Gasteiger partial charge on any atom is 0.256 e. The molecule has 1 heterocycles. The SMILES string of the molecule is Cc1ccc(C)c(C2=C(O)C3(CCC(O)CC3)NC2=O)c1. The molecule has 0 radical (unpaired) electrons. The van der Waals surface area contributed by atoms with Gasteiger partial charge in [-0.05, 0) is 50.7 Å². The molecule has 1 aliphatic heterocycles. The van der Waals surface area contributed by atoms with Crippen LogP contribution < -0.4 is 5.32 Å². The van der Waals surface area contributed by atoms with E-state index in [1.165, 1.54) is 0 Å². The number of amides is 1. The summed E-state index contributed by atoms with van der Waals surface area (Å²) >= 11 is 0. The zero-order valence-corrected chi connectivity index (χ0v) is 12.4. The fourth-order valence-electron chi connectivity index (χ4n) is 3.40. The van der Waals surface area contributed by atoms with Crippen LogP contribution in [0.3, 0.4) is 0 Å². The molecule has 1 aliphatic carbocycles. The maximum atomic E-state index is 12.4. The largest absolute Gasteiger partial charge is 0.509 e. The smallest absolute Gasteiger partial charge is 0.256 e. The van der Waals surface area contributed by atoms with E-state index in [2.05, 4.69) is 5.32 Å². The Morgan fingerprint density at radius 1 is 1.24 bits per heavy atom. The van der Waals surface area contributed by atoms with Gasteiger partial charge in [0.05, 0.1) is 17.2 Å². The zero-order chi connectivity index (χ0) is 15.2. The van der Waals surface area contributed by atoms with Crippen molar-refractivity contribution in [3.8, 4) is 0 Å². The van der Waals surface area contributed by atoms with Gasteiger partial charge in [0, 0.05) is 0 Å². The average molecular weight is 287 g/mol. The van der Waals surface area contributed by atoms with Crippen molar-refractivity contribution >= 4 is 11.5 Å². The van der Waals surface area contributed by atoms with Crippen LogP contribution in [-0.2, 0) is 4.79 Å². The number of rotatable bonds is 1. The predicted molar refractivity (Wildman–Crippen MR) is 80.8 cm³/mol. The molecule has 3 N–H and O–H groups in total. The molecule has 4 heteroatoms. The zero-order valence-electron chi connectivity index (χ0n) is 12.4. The number of aryl methyl sites for hydroxylation is 2. The summed E-state index contributed by atoms with van der Waals surface area (Å²) in [6.07, 6.45) is 2.04. The Balaban J connectivity index is 2.06. The standard InChI is InChI=1S/C17H21NO3/c1-10-3-4-11(2)13(9-10)14-15(20)17(18-16(14)21)7-5-12(19)6-8-17/h3-4,9,12,19-20H,5-8H2,1-2H3,(H,18,21). The predicted octanol–water partition coefficient (Wildman–Crippen LogP) is 2.38. The number of hydrogen-bond donors (Lipinski definition) is 3. The summed E-state index contributed by atoms with van der Waals surface area (Å²) in [5, 5.41) is 23.3. The number of benzene rings is 1. The molecule has 112 valence electrons. The topological polar surface area (TPSA) is 69.6 Å². The van der Waals surface area contributed by atoms with Gasteiger partial charge >= 0.3 is 0 Å². The van der Waals surface area contributed by atoms with Crippen molar-refractivity contribution in [2.45, 2.75) is 51.2 Å². The van der Waals surface area contributed by atoms with Gasteiger partial charge in [-0.1, -0.05) is 23.8 Å². The summed E-state index contributed by atoms with van der Waals surface area (Å²) in [5.74, 6) is -0.0642. The van der Waals surface area contributed by atoms with Gasteiger partial charge in [-0.3, -0.25) is 4.79 Å². The Labute approximate surface area is 124 Å². The first kappa shape index (κ1) is 14.1. The van der Waals surface area contributed by atoms with Crippen LogP contribution >= 0.6 is 0 Å². The monoisotopic (exact) mass is 287 g/mol. The lowest BCUT2D eigenvalue weighted by Crippen LogP contribution is -2.48. The molecule has 0 aromatic heterocycles. The van der Waals surface area contributed by atoms with E-state index in [0.29, 0.717) is 31.3 Å². The summed E-state index contributed by atoms with van der Waals surface area (Å²) in [5.41, 5.74) is 2.55. The van der Waals surface area contributed by atoms with Crippen LogP contribution in [-0.4, -0.2) is 27.8 Å². The van der Waals surface area contributed by atoms with Crippen molar-refractivity contribution in [3.05, 3.63) is 40.6 Å².